The van der Waals surface area contributed by atoms with Crippen LogP contribution in [0.25, 0.3) is 0 Å². The molecule has 1 aromatic heterocycles. The number of hydrogen-bond acceptors (Lipinski definition) is 3. The number of pyridine rings is 1. The lowest BCUT2D eigenvalue weighted by Gasteiger charge is -2.31. The lowest BCUT2D eigenvalue weighted by molar-refractivity contribution is 0.0671. The zero-order chi connectivity index (χ0) is 20.1. The molecule has 2 amide bonds. The third-order valence-electron chi connectivity index (χ3n) is 5.21. The fourth-order valence-corrected chi connectivity index (χ4v) is 3.62. The first-order valence-electron chi connectivity index (χ1n) is 10.1. The molecule has 1 atom stereocenters. The molecule has 0 spiro atoms. The molecule has 3 rings (SSSR count). The van der Waals surface area contributed by atoms with E-state index in [-0.39, 0.29) is 17.9 Å². The highest BCUT2D eigenvalue weighted by molar-refractivity contribution is 5.96. The van der Waals surface area contributed by atoms with Crippen LogP contribution in [0, 0.1) is 5.92 Å². The van der Waals surface area contributed by atoms with Gasteiger partial charge in [-0.25, -0.2) is 4.98 Å². The summed E-state index contributed by atoms with van der Waals surface area (Å²) in [5, 5.41) is 0. The van der Waals surface area contributed by atoms with Crippen LogP contribution in [-0.4, -0.2) is 45.7 Å². The predicted octanol–water partition coefficient (Wildman–Crippen LogP) is 4.00. The summed E-state index contributed by atoms with van der Waals surface area (Å²) in [6, 6.07) is 15.1. The van der Waals surface area contributed by atoms with Crippen molar-refractivity contribution in [2.75, 3.05) is 13.1 Å². The maximum Gasteiger partial charge on any atom is 0.273 e. The number of benzene rings is 1. The maximum atomic E-state index is 13.1. The Bertz CT molecular complexity index is 820. The first-order chi connectivity index (χ1) is 13.5. The van der Waals surface area contributed by atoms with E-state index in [0.29, 0.717) is 23.9 Å². The Hall–Kier alpha value is -2.69. The molecule has 1 fully saturated rings. The number of piperidine rings is 1. The molecule has 1 unspecified atom stereocenters. The minimum Gasteiger partial charge on any atom is -0.337 e. The number of carbonyl (C=O) groups is 2. The van der Waals surface area contributed by atoms with Crippen LogP contribution in [0.2, 0.25) is 0 Å². The topological polar surface area (TPSA) is 53.5 Å². The molecule has 1 aliphatic heterocycles. The lowest BCUT2D eigenvalue weighted by atomic mass is 10.00. The average Bonchev–Trinajstić information content (AvgIpc) is 2.71. The minimum atomic E-state index is -0.152. The SMILES string of the molecule is CC1CCCN(C(=O)c2cccc(C(=O)N(Cc3ccccc3)C(C)C)n2)C1. The Morgan fingerprint density at radius 1 is 1.11 bits per heavy atom. The number of nitrogens with zero attached hydrogens (tertiary/aromatic N) is 3. The van der Waals surface area contributed by atoms with E-state index in [9.17, 15) is 9.59 Å². The number of hydrogen-bond donors (Lipinski definition) is 0. The van der Waals surface area contributed by atoms with Gasteiger partial charge >= 0.3 is 0 Å². The largest absolute Gasteiger partial charge is 0.337 e. The molecule has 2 heterocycles. The average molecular weight is 380 g/mol. The number of likely N-dealkylation sites (tertiary alicyclic amines) is 1. The first-order valence-corrected chi connectivity index (χ1v) is 10.1. The van der Waals surface area contributed by atoms with Gasteiger partial charge in [0.1, 0.15) is 11.4 Å². The van der Waals surface area contributed by atoms with Crippen molar-refractivity contribution in [1.29, 1.82) is 0 Å². The third-order valence-corrected chi connectivity index (χ3v) is 5.21. The second-order valence-corrected chi connectivity index (χ2v) is 7.92. The zero-order valence-corrected chi connectivity index (χ0v) is 17.0. The van der Waals surface area contributed by atoms with Crippen molar-refractivity contribution in [2.24, 2.45) is 5.92 Å². The van der Waals surface area contributed by atoms with Gasteiger partial charge in [0.05, 0.1) is 0 Å². The van der Waals surface area contributed by atoms with Crippen LogP contribution in [0.3, 0.4) is 0 Å². The summed E-state index contributed by atoms with van der Waals surface area (Å²) in [5.41, 5.74) is 1.74. The van der Waals surface area contributed by atoms with Gasteiger partial charge in [-0.1, -0.05) is 43.3 Å². The van der Waals surface area contributed by atoms with Gasteiger partial charge in [0.25, 0.3) is 11.8 Å². The fourth-order valence-electron chi connectivity index (χ4n) is 3.62. The number of rotatable bonds is 5. The van der Waals surface area contributed by atoms with E-state index < -0.39 is 0 Å². The highest BCUT2D eigenvalue weighted by Gasteiger charge is 2.25. The smallest absolute Gasteiger partial charge is 0.273 e. The fraction of sp³-hybridized carbons (Fsp3) is 0.435. The molecule has 1 aliphatic rings. The molecule has 5 nitrogen and oxygen atoms in total. The molecular weight excluding hydrogens is 350 g/mol. The van der Waals surface area contributed by atoms with Crippen molar-refractivity contribution in [3.8, 4) is 0 Å². The van der Waals surface area contributed by atoms with Crippen molar-refractivity contribution < 1.29 is 9.59 Å². The van der Waals surface area contributed by atoms with Crippen LogP contribution in [0.4, 0.5) is 0 Å². The molecule has 2 aromatic rings. The summed E-state index contributed by atoms with van der Waals surface area (Å²) in [4.78, 5) is 34.1. The van der Waals surface area contributed by atoms with Gasteiger partial charge in [-0.05, 0) is 50.3 Å². The number of carbonyl (C=O) groups excluding carboxylic acids is 2. The van der Waals surface area contributed by atoms with Crippen LogP contribution < -0.4 is 0 Å². The monoisotopic (exact) mass is 379 g/mol. The minimum absolute atomic E-state index is 0.0248. The van der Waals surface area contributed by atoms with Crippen LogP contribution in [-0.2, 0) is 6.54 Å². The Morgan fingerprint density at radius 3 is 2.50 bits per heavy atom. The quantitative estimate of drug-likeness (QED) is 0.789. The summed E-state index contributed by atoms with van der Waals surface area (Å²) < 4.78 is 0. The van der Waals surface area contributed by atoms with Crippen molar-refractivity contribution in [3.05, 3.63) is 65.5 Å². The number of amides is 2. The molecule has 0 saturated carbocycles. The van der Waals surface area contributed by atoms with E-state index in [1.54, 1.807) is 23.1 Å². The van der Waals surface area contributed by atoms with Crippen molar-refractivity contribution in [1.82, 2.24) is 14.8 Å². The normalized spacial score (nSPS) is 16.9. The summed E-state index contributed by atoms with van der Waals surface area (Å²) in [5.74, 6) is 0.269. The van der Waals surface area contributed by atoms with Crippen molar-refractivity contribution in [3.63, 3.8) is 0 Å². The van der Waals surface area contributed by atoms with Gasteiger partial charge < -0.3 is 9.80 Å². The van der Waals surface area contributed by atoms with Crippen molar-refractivity contribution >= 4 is 11.8 Å². The second-order valence-electron chi connectivity index (χ2n) is 7.92. The summed E-state index contributed by atoms with van der Waals surface area (Å²) in [7, 11) is 0. The van der Waals surface area contributed by atoms with E-state index in [1.807, 2.05) is 49.1 Å². The number of aromatic nitrogens is 1. The lowest BCUT2D eigenvalue weighted by Crippen LogP contribution is -2.40. The highest BCUT2D eigenvalue weighted by Crippen LogP contribution is 2.18. The van der Waals surface area contributed by atoms with Gasteiger partial charge in [-0.15, -0.1) is 0 Å². The van der Waals surface area contributed by atoms with Gasteiger partial charge in [-0.3, -0.25) is 9.59 Å². The molecule has 148 valence electrons. The van der Waals surface area contributed by atoms with Crippen LogP contribution in [0.15, 0.2) is 48.5 Å². The first kappa shape index (κ1) is 20.1. The van der Waals surface area contributed by atoms with E-state index >= 15 is 0 Å². The molecular formula is C23H29N3O2. The van der Waals surface area contributed by atoms with Crippen LogP contribution in [0.5, 0.6) is 0 Å². The molecule has 1 aromatic carbocycles. The molecule has 0 N–H and O–H groups in total. The molecule has 28 heavy (non-hydrogen) atoms. The van der Waals surface area contributed by atoms with Crippen molar-refractivity contribution in [2.45, 2.75) is 46.2 Å². The molecule has 0 radical (unpaired) electrons. The standard InChI is InChI=1S/C23H29N3O2/c1-17(2)26(16-19-10-5-4-6-11-19)23(28)21-13-7-12-20(24-21)22(27)25-14-8-9-18(3)15-25/h4-7,10-13,17-18H,8-9,14-16H2,1-3H3. The third kappa shape index (κ3) is 4.77. The maximum absolute atomic E-state index is 13.1. The predicted molar refractivity (Wildman–Crippen MR) is 110 cm³/mol. The molecule has 0 bridgehead atoms. The highest BCUT2D eigenvalue weighted by atomic mass is 16.2. The Balaban J connectivity index is 1.79. The summed E-state index contributed by atoms with van der Waals surface area (Å²) in [6.07, 6.45) is 2.17. The Kier molecular flexibility index (Phi) is 6.45. The van der Waals surface area contributed by atoms with Gasteiger partial charge in [0, 0.05) is 25.7 Å². The Labute approximate surface area is 167 Å². The van der Waals surface area contributed by atoms with E-state index in [0.717, 1.165) is 31.5 Å². The van der Waals surface area contributed by atoms with Gasteiger partial charge in [0.15, 0.2) is 0 Å². The zero-order valence-electron chi connectivity index (χ0n) is 17.0. The molecule has 5 heteroatoms. The van der Waals surface area contributed by atoms with Crippen LogP contribution in [0.1, 0.15) is 60.2 Å². The summed E-state index contributed by atoms with van der Waals surface area (Å²) >= 11 is 0. The van der Waals surface area contributed by atoms with Gasteiger partial charge in [-0.2, -0.15) is 0 Å². The van der Waals surface area contributed by atoms with Crippen LogP contribution >= 0.6 is 0 Å². The van der Waals surface area contributed by atoms with E-state index in [1.165, 1.54) is 0 Å². The summed E-state index contributed by atoms with van der Waals surface area (Å²) in [6.45, 7) is 8.17. The van der Waals surface area contributed by atoms with Gasteiger partial charge in [0.2, 0.25) is 0 Å². The molecule has 0 aliphatic carbocycles. The Morgan fingerprint density at radius 2 is 1.82 bits per heavy atom. The van der Waals surface area contributed by atoms with E-state index in [2.05, 4.69) is 11.9 Å². The molecule has 1 saturated heterocycles. The van der Waals surface area contributed by atoms with E-state index in [4.69, 9.17) is 0 Å². The second kappa shape index (κ2) is 9.00.